The summed E-state index contributed by atoms with van der Waals surface area (Å²) >= 11 is 8.02. The number of piperazine rings is 2. The number of likely N-dealkylation sites (N-methyl/N-ethyl adjacent to an activating group) is 2. The number of carbonyl (C=O) groups is 1. The smallest absolute Gasteiger partial charge is 0.293 e. The lowest BCUT2D eigenvalue weighted by atomic mass is 9.91. The Morgan fingerprint density at radius 3 is 2.21 bits per heavy atom. The van der Waals surface area contributed by atoms with Gasteiger partial charge < -0.3 is 35.1 Å². The van der Waals surface area contributed by atoms with Crippen molar-refractivity contribution in [2.75, 3.05) is 126 Å². The number of nitro benzene ring substituents is 1. The largest absolute Gasteiger partial charge is 0.376 e. The Balaban J connectivity index is 0.917. The highest BCUT2D eigenvalue weighted by atomic mass is 35.5. The lowest BCUT2D eigenvalue weighted by molar-refractivity contribution is -0.518. The first-order valence-corrected chi connectivity index (χ1v) is 27.9. The van der Waals surface area contributed by atoms with E-state index >= 15 is 0 Å². The summed E-state index contributed by atoms with van der Waals surface area (Å²) in [6, 6.07) is 37.2. The van der Waals surface area contributed by atoms with E-state index in [0.29, 0.717) is 23.0 Å². The number of sulfonamides is 1. The first-order valence-electron chi connectivity index (χ1n) is 25.0. The van der Waals surface area contributed by atoms with Crippen LogP contribution < -0.4 is 25.2 Å². The van der Waals surface area contributed by atoms with E-state index < -0.39 is 14.9 Å². The van der Waals surface area contributed by atoms with Crippen molar-refractivity contribution < 1.29 is 22.7 Å². The van der Waals surface area contributed by atoms with E-state index in [1.54, 1.807) is 23.9 Å². The standard InChI is InChI=1S/C55H67ClN10O5S2/c1-40-52(55(67)57-26-10-27-63-31-29-61(4)30-32-63)53(54(62(40)5)41-15-17-43(56)18-16-41)42-11-9-12-47(37-42)65-35-33-64(34-36-65)46-21-19-44(20-22-46)59-73(70,71)49-23-24-50(51(38-49)66(68)69)58-45(25-28-60(2)3)39-72-48-13-7-6-8-14-48/h6-9,11-24,37-38,40,45,58-59H,10,25-36,39H2,1-5H3/p+1/t40?,45-/m1/s1. The molecule has 5 aromatic rings. The van der Waals surface area contributed by atoms with Crippen LogP contribution in [0.1, 0.15) is 30.9 Å². The molecule has 5 aromatic carbocycles. The van der Waals surface area contributed by atoms with E-state index in [2.05, 4.69) is 89.7 Å². The topological polar surface area (TPSA) is 150 Å². The SMILES string of the molecule is CC1C(C(=O)NCCCN2CCN(C)CC2)=C(c2cccc(N3CCN(c4ccc(NS(=O)(=O)c5ccc(N[C@H](CCN(C)C)CSc6ccccc6)c([N+](=O)[O-])c5)cc4)CC3)c2)C(c2ccc(Cl)cc2)=[N+]1C. The highest BCUT2D eigenvalue weighted by Gasteiger charge is 2.41. The number of amides is 1. The molecule has 0 radical (unpaired) electrons. The fourth-order valence-electron chi connectivity index (χ4n) is 9.65. The third kappa shape index (κ3) is 13.6. The van der Waals surface area contributed by atoms with Gasteiger partial charge in [-0.3, -0.25) is 19.6 Å². The van der Waals surface area contributed by atoms with Crippen LogP contribution in [0, 0.1) is 10.1 Å². The molecule has 18 heteroatoms. The van der Waals surface area contributed by atoms with E-state index in [1.165, 1.54) is 12.1 Å². The molecule has 0 bridgehead atoms. The number of benzene rings is 5. The Morgan fingerprint density at radius 2 is 1.53 bits per heavy atom. The van der Waals surface area contributed by atoms with Crippen LogP contribution in [-0.4, -0.2) is 162 Å². The third-order valence-corrected chi connectivity index (χ3v) is 16.8. The fourth-order valence-corrected chi connectivity index (χ4v) is 11.9. The van der Waals surface area contributed by atoms with Crippen molar-refractivity contribution in [3.63, 3.8) is 0 Å². The number of hydrogen-bond donors (Lipinski definition) is 3. The van der Waals surface area contributed by atoms with Crippen LogP contribution >= 0.6 is 23.4 Å². The minimum absolute atomic E-state index is 0.0466. The monoisotopic (exact) mass is 1050 g/mol. The number of allylic oxidation sites excluding steroid dienone is 1. The number of thioether (sulfide) groups is 1. The predicted molar refractivity (Wildman–Crippen MR) is 299 cm³/mol. The first kappa shape index (κ1) is 53.3. The zero-order valence-electron chi connectivity index (χ0n) is 42.5. The highest BCUT2D eigenvalue weighted by molar-refractivity contribution is 7.99. The van der Waals surface area contributed by atoms with Crippen molar-refractivity contribution in [2.45, 2.75) is 41.6 Å². The summed E-state index contributed by atoms with van der Waals surface area (Å²) in [6.07, 6.45) is 1.62. The van der Waals surface area contributed by atoms with Crippen LogP contribution in [0.3, 0.4) is 0 Å². The molecule has 2 fully saturated rings. The van der Waals surface area contributed by atoms with Crippen molar-refractivity contribution in [3.05, 3.63) is 153 Å². The Kier molecular flexibility index (Phi) is 17.8. The molecule has 1 amide bonds. The Hall–Kier alpha value is -5.95. The van der Waals surface area contributed by atoms with Crippen LogP contribution in [0.4, 0.5) is 28.4 Å². The number of nitro groups is 1. The zero-order chi connectivity index (χ0) is 51.6. The average molecular weight is 1050 g/mol. The second kappa shape index (κ2) is 24.4. The Bertz CT molecular complexity index is 2890. The van der Waals surface area contributed by atoms with Crippen LogP contribution in [0.25, 0.3) is 5.57 Å². The van der Waals surface area contributed by atoms with Crippen molar-refractivity contribution in [2.24, 2.45) is 0 Å². The van der Waals surface area contributed by atoms with Crippen LogP contribution in [0.2, 0.25) is 5.02 Å². The maximum absolute atomic E-state index is 14.3. The number of anilines is 4. The van der Waals surface area contributed by atoms with Gasteiger partial charge in [0.15, 0.2) is 6.04 Å². The van der Waals surface area contributed by atoms with E-state index in [9.17, 15) is 23.3 Å². The van der Waals surface area contributed by atoms with Gasteiger partial charge >= 0.3 is 0 Å². The molecule has 386 valence electrons. The number of rotatable bonds is 21. The number of carbonyl (C=O) groups excluding carboxylic acids is 1. The second-order valence-electron chi connectivity index (χ2n) is 19.4. The summed E-state index contributed by atoms with van der Waals surface area (Å²) in [5.74, 6) is 0.620. The normalized spacial score (nSPS) is 17.3. The third-order valence-electron chi connectivity index (χ3n) is 14.0. The summed E-state index contributed by atoms with van der Waals surface area (Å²) in [5.41, 5.74) is 6.95. The summed E-state index contributed by atoms with van der Waals surface area (Å²) < 4.78 is 32.2. The van der Waals surface area contributed by atoms with Gasteiger partial charge in [0.05, 0.1) is 21.0 Å². The van der Waals surface area contributed by atoms with E-state index in [1.807, 2.05) is 80.8 Å². The molecular weight excluding hydrogens is 980 g/mol. The Morgan fingerprint density at radius 1 is 0.849 bits per heavy atom. The maximum Gasteiger partial charge on any atom is 0.293 e. The van der Waals surface area contributed by atoms with Gasteiger partial charge in [0.2, 0.25) is 5.71 Å². The van der Waals surface area contributed by atoms with Gasteiger partial charge in [-0.05, 0) is 138 Å². The molecule has 3 aliphatic heterocycles. The molecule has 73 heavy (non-hydrogen) atoms. The summed E-state index contributed by atoms with van der Waals surface area (Å²) in [5, 5.41) is 19.6. The molecule has 3 aliphatic rings. The van der Waals surface area contributed by atoms with Crippen molar-refractivity contribution >= 4 is 79.0 Å². The summed E-state index contributed by atoms with van der Waals surface area (Å²) in [7, 11) is 4.01. The van der Waals surface area contributed by atoms with Crippen LogP contribution in [0.5, 0.6) is 0 Å². The lowest BCUT2D eigenvalue weighted by Gasteiger charge is -2.37. The van der Waals surface area contributed by atoms with Gasteiger partial charge in [0.1, 0.15) is 12.7 Å². The minimum atomic E-state index is -4.17. The highest BCUT2D eigenvalue weighted by Crippen LogP contribution is 2.36. The summed E-state index contributed by atoms with van der Waals surface area (Å²) in [4.78, 5) is 38.5. The molecule has 2 saturated heterocycles. The number of nitrogens with zero attached hydrogens (tertiary/aromatic N) is 7. The minimum Gasteiger partial charge on any atom is -0.376 e. The van der Waals surface area contributed by atoms with Crippen LogP contribution in [-0.2, 0) is 14.8 Å². The molecule has 15 nitrogen and oxygen atoms in total. The van der Waals surface area contributed by atoms with Gasteiger partial charge in [0, 0.05) is 116 Å². The molecule has 3 N–H and O–H groups in total. The second-order valence-corrected chi connectivity index (χ2v) is 22.6. The number of halogens is 1. The maximum atomic E-state index is 14.3. The van der Waals surface area contributed by atoms with Gasteiger partial charge in [-0.25, -0.2) is 13.0 Å². The molecule has 2 atom stereocenters. The van der Waals surface area contributed by atoms with E-state index in [-0.39, 0.29) is 34.3 Å². The number of hydrogen-bond acceptors (Lipinski definition) is 12. The molecule has 0 aromatic heterocycles. The van der Waals surface area contributed by atoms with Gasteiger partial charge in [-0.15, -0.1) is 11.8 Å². The predicted octanol–water partition coefficient (Wildman–Crippen LogP) is 7.94. The van der Waals surface area contributed by atoms with Gasteiger partial charge in [-0.1, -0.05) is 41.9 Å². The van der Waals surface area contributed by atoms with Crippen LogP contribution in [0.15, 0.2) is 137 Å². The molecular formula is C55H68ClN10O5S2+. The fraction of sp³-hybridized carbons (Fsp3) is 0.382. The summed E-state index contributed by atoms with van der Waals surface area (Å²) in [6.45, 7) is 11.6. The molecule has 8 rings (SSSR count). The molecule has 0 saturated carbocycles. The van der Waals surface area contributed by atoms with Gasteiger partial charge in [-0.2, -0.15) is 0 Å². The molecule has 0 spiro atoms. The van der Waals surface area contributed by atoms with E-state index in [0.717, 1.165) is 129 Å². The quantitative estimate of drug-likeness (QED) is 0.0215. The molecule has 3 heterocycles. The van der Waals surface area contributed by atoms with Crippen molar-refractivity contribution in [1.29, 1.82) is 0 Å². The van der Waals surface area contributed by atoms with Crippen molar-refractivity contribution in [3.8, 4) is 0 Å². The molecule has 0 aliphatic carbocycles. The zero-order valence-corrected chi connectivity index (χ0v) is 44.9. The van der Waals surface area contributed by atoms with Gasteiger partial charge in [0.25, 0.3) is 21.6 Å². The molecule has 1 unspecified atom stereocenters. The lowest BCUT2D eigenvalue weighted by Crippen LogP contribution is -2.46. The van der Waals surface area contributed by atoms with Crippen molar-refractivity contribution in [1.82, 2.24) is 20.0 Å². The van der Waals surface area contributed by atoms with E-state index in [4.69, 9.17) is 11.6 Å². The number of nitrogens with one attached hydrogen (secondary N) is 3. The first-order chi connectivity index (χ1) is 35.1. The Labute approximate surface area is 440 Å². The average Bonchev–Trinajstić information content (AvgIpc) is 3.66.